The summed E-state index contributed by atoms with van der Waals surface area (Å²) in [7, 11) is 1.62. The first kappa shape index (κ1) is 15.5. The third kappa shape index (κ3) is 4.88. The Hall–Kier alpha value is -1.60. The molecule has 1 rings (SSSR count). The third-order valence-electron chi connectivity index (χ3n) is 2.66. The number of likely N-dealkylation sites (N-methyl/N-ethyl adjacent to an activating group) is 1. The van der Waals surface area contributed by atoms with Crippen molar-refractivity contribution < 1.29 is 19.8 Å². The summed E-state index contributed by atoms with van der Waals surface area (Å²) in [6.45, 7) is 1.34. The number of carbonyl (C=O) groups is 2. The first-order valence-corrected chi connectivity index (χ1v) is 6.68. The van der Waals surface area contributed by atoms with E-state index in [0.29, 0.717) is 6.54 Å². The van der Waals surface area contributed by atoms with Gasteiger partial charge in [-0.2, -0.15) is 0 Å². The van der Waals surface area contributed by atoms with Crippen LogP contribution < -0.4 is 5.32 Å². The minimum Gasteiger partial charge on any atom is -0.479 e. The number of amides is 2. The van der Waals surface area contributed by atoms with Crippen LogP contribution in [-0.4, -0.2) is 52.9 Å². The molecule has 1 aromatic heterocycles. The van der Waals surface area contributed by atoms with E-state index in [1.165, 1.54) is 9.78 Å². The minimum absolute atomic E-state index is 0.329. The first-order chi connectivity index (χ1) is 8.83. The summed E-state index contributed by atoms with van der Waals surface area (Å²) in [5, 5.41) is 22.5. The van der Waals surface area contributed by atoms with Crippen molar-refractivity contribution in [3.63, 3.8) is 0 Å². The molecule has 0 saturated heterocycles. The largest absolute Gasteiger partial charge is 0.479 e. The fourth-order valence-corrected chi connectivity index (χ4v) is 1.99. The molecule has 1 aromatic rings. The Balaban J connectivity index is 2.34. The standard InChI is InChI=1S/C12H18N2O4S/c1-12(18,10(15)16)8-13-11(17)14(2)6-5-9-4-3-7-19-9/h3-4,7,18H,5-6,8H2,1-2H3,(H,13,17)(H,15,16). The van der Waals surface area contributed by atoms with Gasteiger partial charge in [0.2, 0.25) is 0 Å². The normalized spacial score (nSPS) is 13.6. The van der Waals surface area contributed by atoms with Gasteiger partial charge in [-0.15, -0.1) is 11.3 Å². The van der Waals surface area contributed by atoms with Crippen molar-refractivity contribution in [1.29, 1.82) is 0 Å². The number of carboxylic acids is 1. The zero-order valence-corrected chi connectivity index (χ0v) is 11.7. The molecule has 106 valence electrons. The summed E-state index contributed by atoms with van der Waals surface area (Å²) in [6, 6.07) is 3.54. The van der Waals surface area contributed by atoms with Crippen molar-refractivity contribution in [2.75, 3.05) is 20.1 Å². The van der Waals surface area contributed by atoms with Crippen molar-refractivity contribution in [2.24, 2.45) is 0 Å². The Kier molecular flexibility index (Phi) is 5.31. The van der Waals surface area contributed by atoms with Crippen LogP contribution in [0.15, 0.2) is 17.5 Å². The van der Waals surface area contributed by atoms with E-state index in [0.717, 1.165) is 13.3 Å². The van der Waals surface area contributed by atoms with Gasteiger partial charge in [0, 0.05) is 18.5 Å². The van der Waals surface area contributed by atoms with Crippen molar-refractivity contribution in [2.45, 2.75) is 18.9 Å². The maximum atomic E-state index is 11.7. The van der Waals surface area contributed by atoms with Gasteiger partial charge in [-0.05, 0) is 24.8 Å². The number of urea groups is 1. The number of aliphatic hydroxyl groups is 1. The summed E-state index contributed by atoms with van der Waals surface area (Å²) in [5.41, 5.74) is -1.95. The van der Waals surface area contributed by atoms with E-state index in [-0.39, 0.29) is 6.54 Å². The average Bonchev–Trinajstić information content (AvgIpc) is 2.85. The molecule has 6 nitrogen and oxygen atoms in total. The van der Waals surface area contributed by atoms with Crippen LogP contribution in [0.1, 0.15) is 11.8 Å². The molecule has 0 radical (unpaired) electrons. The summed E-state index contributed by atoms with van der Waals surface area (Å²) >= 11 is 1.62. The molecule has 1 heterocycles. The van der Waals surface area contributed by atoms with E-state index in [1.54, 1.807) is 18.4 Å². The predicted octanol–water partition coefficient (Wildman–Crippen LogP) is 0.768. The highest BCUT2D eigenvalue weighted by atomic mass is 32.1. The monoisotopic (exact) mass is 286 g/mol. The summed E-state index contributed by atoms with van der Waals surface area (Å²) < 4.78 is 0. The number of hydrogen-bond donors (Lipinski definition) is 3. The molecule has 1 atom stereocenters. The molecular weight excluding hydrogens is 268 g/mol. The minimum atomic E-state index is -1.95. The SMILES string of the molecule is CN(CCc1cccs1)C(=O)NCC(C)(O)C(=O)O. The zero-order valence-electron chi connectivity index (χ0n) is 10.9. The van der Waals surface area contributed by atoms with E-state index < -0.39 is 17.6 Å². The average molecular weight is 286 g/mol. The van der Waals surface area contributed by atoms with Gasteiger partial charge >= 0.3 is 12.0 Å². The molecule has 1 unspecified atom stereocenters. The number of nitrogens with one attached hydrogen (secondary N) is 1. The highest BCUT2D eigenvalue weighted by molar-refractivity contribution is 7.09. The Morgan fingerprint density at radius 1 is 1.53 bits per heavy atom. The van der Waals surface area contributed by atoms with Crippen LogP contribution in [0, 0.1) is 0 Å². The van der Waals surface area contributed by atoms with Crippen molar-refractivity contribution in [3.05, 3.63) is 22.4 Å². The Labute approximate surface area is 115 Å². The first-order valence-electron chi connectivity index (χ1n) is 5.80. The number of nitrogens with zero attached hydrogens (tertiary/aromatic N) is 1. The summed E-state index contributed by atoms with van der Waals surface area (Å²) in [4.78, 5) is 25.0. The van der Waals surface area contributed by atoms with Crippen molar-refractivity contribution in [1.82, 2.24) is 10.2 Å². The molecule has 0 fully saturated rings. The number of carboxylic acid groups (broad SMARTS) is 1. The highest BCUT2D eigenvalue weighted by Gasteiger charge is 2.30. The lowest BCUT2D eigenvalue weighted by atomic mass is 10.1. The molecule has 0 saturated carbocycles. The Morgan fingerprint density at radius 2 is 2.21 bits per heavy atom. The number of hydrogen-bond acceptors (Lipinski definition) is 4. The summed E-state index contributed by atoms with van der Waals surface area (Å²) in [6.07, 6.45) is 0.747. The van der Waals surface area contributed by atoms with Gasteiger partial charge in [-0.25, -0.2) is 9.59 Å². The smallest absolute Gasteiger partial charge is 0.337 e. The van der Waals surface area contributed by atoms with Gasteiger partial charge in [-0.3, -0.25) is 0 Å². The Bertz CT molecular complexity index is 431. The number of thiophene rings is 1. The van der Waals surface area contributed by atoms with Crippen molar-refractivity contribution in [3.8, 4) is 0 Å². The number of rotatable bonds is 6. The lowest BCUT2D eigenvalue weighted by Gasteiger charge is -2.22. The second-order valence-electron chi connectivity index (χ2n) is 4.49. The van der Waals surface area contributed by atoms with Crippen LogP contribution in [0.4, 0.5) is 4.79 Å². The molecule has 0 aromatic carbocycles. The maximum Gasteiger partial charge on any atom is 0.337 e. The van der Waals surface area contributed by atoms with Gasteiger partial charge in [-0.1, -0.05) is 6.07 Å². The summed E-state index contributed by atoms with van der Waals surface area (Å²) in [5.74, 6) is -1.37. The lowest BCUT2D eigenvalue weighted by molar-refractivity contribution is -0.155. The van der Waals surface area contributed by atoms with E-state index >= 15 is 0 Å². The topological polar surface area (TPSA) is 89.9 Å². The maximum absolute atomic E-state index is 11.7. The zero-order chi connectivity index (χ0) is 14.5. The molecule has 2 amide bonds. The second-order valence-corrected chi connectivity index (χ2v) is 5.52. The molecule has 0 spiro atoms. The Morgan fingerprint density at radius 3 is 2.74 bits per heavy atom. The van der Waals surface area contributed by atoms with Crippen LogP contribution in [0.3, 0.4) is 0 Å². The number of carbonyl (C=O) groups excluding carboxylic acids is 1. The van der Waals surface area contributed by atoms with Crippen LogP contribution in [0.5, 0.6) is 0 Å². The van der Waals surface area contributed by atoms with E-state index in [9.17, 15) is 14.7 Å². The van der Waals surface area contributed by atoms with Crippen LogP contribution in [-0.2, 0) is 11.2 Å². The fourth-order valence-electron chi connectivity index (χ4n) is 1.29. The molecule has 3 N–H and O–H groups in total. The van der Waals surface area contributed by atoms with Gasteiger partial charge in [0.1, 0.15) is 0 Å². The fraction of sp³-hybridized carbons (Fsp3) is 0.500. The van der Waals surface area contributed by atoms with E-state index in [4.69, 9.17) is 5.11 Å². The van der Waals surface area contributed by atoms with Gasteiger partial charge in [0.15, 0.2) is 5.60 Å². The van der Waals surface area contributed by atoms with Gasteiger partial charge in [0.25, 0.3) is 0 Å². The predicted molar refractivity (Wildman–Crippen MR) is 72.3 cm³/mol. The van der Waals surface area contributed by atoms with Crippen LogP contribution in [0.25, 0.3) is 0 Å². The lowest BCUT2D eigenvalue weighted by Crippen LogP contribution is -2.49. The van der Waals surface area contributed by atoms with Crippen LogP contribution >= 0.6 is 11.3 Å². The van der Waals surface area contributed by atoms with Crippen molar-refractivity contribution >= 4 is 23.3 Å². The highest BCUT2D eigenvalue weighted by Crippen LogP contribution is 2.09. The van der Waals surface area contributed by atoms with E-state index in [2.05, 4.69) is 5.32 Å². The molecular formula is C12H18N2O4S. The molecule has 0 aliphatic rings. The van der Waals surface area contributed by atoms with E-state index in [1.807, 2.05) is 17.5 Å². The molecule has 0 bridgehead atoms. The second kappa shape index (κ2) is 6.53. The number of aliphatic carboxylic acids is 1. The molecule has 0 aliphatic heterocycles. The molecule has 19 heavy (non-hydrogen) atoms. The van der Waals surface area contributed by atoms with Gasteiger partial charge in [0.05, 0.1) is 6.54 Å². The van der Waals surface area contributed by atoms with Crippen LogP contribution in [0.2, 0.25) is 0 Å². The van der Waals surface area contributed by atoms with Gasteiger partial charge < -0.3 is 20.4 Å². The molecule has 7 heteroatoms. The molecule has 0 aliphatic carbocycles. The quantitative estimate of drug-likeness (QED) is 0.720. The third-order valence-corrected chi connectivity index (χ3v) is 3.60.